The van der Waals surface area contributed by atoms with Gasteiger partial charge in [0.05, 0.1) is 0 Å². The third-order valence-corrected chi connectivity index (χ3v) is 10.9. The van der Waals surface area contributed by atoms with Crippen LogP contribution in [0.15, 0.2) is 0 Å². The fraction of sp³-hybridized carbons (Fsp3) is 1.00. The van der Waals surface area contributed by atoms with Crippen molar-refractivity contribution in [3.8, 4) is 0 Å². The van der Waals surface area contributed by atoms with Crippen LogP contribution in [0, 0.1) is 0 Å². The molecule has 1 aliphatic rings. The molecular formula is C8H18HgN2. The molecule has 1 unspecified atom stereocenters. The zero-order valence-electron chi connectivity index (χ0n) is 7.91. The van der Waals surface area contributed by atoms with E-state index < -0.39 is 24.6 Å². The van der Waals surface area contributed by atoms with Gasteiger partial charge in [0, 0.05) is 0 Å². The van der Waals surface area contributed by atoms with Crippen molar-refractivity contribution >= 4 is 0 Å². The molecular weight excluding hydrogens is 325 g/mol. The van der Waals surface area contributed by atoms with E-state index in [-0.39, 0.29) is 0 Å². The second kappa shape index (κ2) is 4.19. The third kappa shape index (κ3) is 4.43. The normalized spacial score (nSPS) is 26.3. The van der Waals surface area contributed by atoms with E-state index in [2.05, 4.69) is 31.4 Å². The second-order valence-electron chi connectivity index (χ2n) is 4.62. The molecule has 1 heterocycles. The molecule has 1 fully saturated rings. The number of piperazine rings is 1. The molecule has 1 aliphatic heterocycles. The van der Waals surface area contributed by atoms with Gasteiger partial charge in [-0.3, -0.25) is 0 Å². The summed E-state index contributed by atoms with van der Waals surface area (Å²) in [5.74, 6) is 0. The van der Waals surface area contributed by atoms with Crippen LogP contribution in [0.3, 0.4) is 0 Å². The first kappa shape index (κ1) is 9.94. The van der Waals surface area contributed by atoms with Gasteiger partial charge in [-0.2, -0.15) is 0 Å². The van der Waals surface area contributed by atoms with Crippen molar-refractivity contribution in [1.82, 2.24) is 10.6 Å². The van der Waals surface area contributed by atoms with E-state index in [0.29, 0.717) is 2.92 Å². The predicted molar refractivity (Wildman–Crippen MR) is 44.4 cm³/mol. The number of hydrogen-bond acceptors (Lipinski definition) is 2. The molecule has 0 aromatic carbocycles. The van der Waals surface area contributed by atoms with Crippen LogP contribution in [0.1, 0.15) is 20.8 Å². The van der Waals surface area contributed by atoms with Crippen molar-refractivity contribution in [3.05, 3.63) is 0 Å². The van der Waals surface area contributed by atoms with Crippen molar-refractivity contribution in [3.63, 3.8) is 0 Å². The molecule has 0 aromatic heterocycles. The SMILES string of the molecule is C[C](C)(C)[Hg][CH]1CNCCN1. The summed E-state index contributed by atoms with van der Waals surface area (Å²) < 4.78 is 1.58. The van der Waals surface area contributed by atoms with E-state index in [1.165, 1.54) is 13.1 Å². The third-order valence-electron chi connectivity index (χ3n) is 1.98. The summed E-state index contributed by atoms with van der Waals surface area (Å²) in [4.78, 5) is 0. The number of hydrogen-bond donors (Lipinski definition) is 2. The van der Waals surface area contributed by atoms with Gasteiger partial charge in [-0.15, -0.1) is 0 Å². The van der Waals surface area contributed by atoms with Crippen molar-refractivity contribution in [2.75, 3.05) is 19.6 Å². The van der Waals surface area contributed by atoms with Gasteiger partial charge in [0.1, 0.15) is 0 Å². The molecule has 0 bridgehead atoms. The Morgan fingerprint density at radius 3 is 2.45 bits per heavy atom. The van der Waals surface area contributed by atoms with Gasteiger partial charge >= 0.3 is 82.1 Å². The molecule has 0 amide bonds. The molecule has 1 saturated heterocycles. The summed E-state index contributed by atoms with van der Waals surface area (Å²) in [6, 6.07) is 0. The first-order valence-electron chi connectivity index (χ1n) is 4.52. The fourth-order valence-corrected chi connectivity index (χ4v) is 10.1. The first-order valence-corrected chi connectivity index (χ1v) is 10.4. The molecule has 2 N–H and O–H groups in total. The molecule has 0 aliphatic carbocycles. The van der Waals surface area contributed by atoms with Gasteiger partial charge in [-0.25, -0.2) is 0 Å². The van der Waals surface area contributed by atoms with Crippen LogP contribution in [0.25, 0.3) is 0 Å². The average Bonchev–Trinajstić information content (AvgIpc) is 1.85. The van der Waals surface area contributed by atoms with Crippen molar-refractivity contribution in [1.29, 1.82) is 0 Å². The average molecular weight is 343 g/mol. The van der Waals surface area contributed by atoms with Crippen LogP contribution in [0.5, 0.6) is 0 Å². The Bertz CT molecular complexity index is 114. The maximum absolute atomic E-state index is 3.61. The summed E-state index contributed by atoms with van der Waals surface area (Å²) in [7, 11) is 0. The van der Waals surface area contributed by atoms with Crippen LogP contribution in [-0.4, -0.2) is 23.2 Å². The zero-order chi connectivity index (χ0) is 8.32. The second-order valence-corrected chi connectivity index (χ2v) is 18.3. The fourth-order valence-electron chi connectivity index (χ4n) is 1.60. The molecule has 0 spiro atoms. The Hall–Kier alpha value is 0.855. The molecule has 1 rings (SSSR count). The zero-order valence-corrected chi connectivity index (χ0v) is 13.4. The van der Waals surface area contributed by atoms with Crippen LogP contribution >= 0.6 is 0 Å². The summed E-state index contributed by atoms with van der Waals surface area (Å²) >= 11 is -0.710. The van der Waals surface area contributed by atoms with Crippen LogP contribution < -0.4 is 10.6 Å². The minimum atomic E-state index is -0.710. The Morgan fingerprint density at radius 2 is 2.00 bits per heavy atom. The van der Waals surface area contributed by atoms with Gasteiger partial charge in [0.15, 0.2) is 0 Å². The molecule has 1 atom stereocenters. The minimum absolute atomic E-state index is 0.677. The van der Waals surface area contributed by atoms with E-state index in [0.717, 1.165) is 10.1 Å². The summed E-state index contributed by atoms with van der Waals surface area (Å²) in [5.41, 5.74) is 0. The summed E-state index contributed by atoms with van der Waals surface area (Å²) in [6.45, 7) is 10.8. The predicted octanol–water partition coefficient (Wildman–Crippen LogP) is 0.806. The molecule has 0 aromatic rings. The monoisotopic (exact) mass is 344 g/mol. The van der Waals surface area contributed by atoms with E-state index in [1.807, 2.05) is 0 Å². The first-order chi connectivity index (χ1) is 5.08. The van der Waals surface area contributed by atoms with Crippen molar-refractivity contribution < 1.29 is 24.6 Å². The van der Waals surface area contributed by atoms with E-state index >= 15 is 0 Å². The molecule has 3 heteroatoms. The Balaban J connectivity index is 2.24. The topological polar surface area (TPSA) is 24.1 Å². The summed E-state index contributed by atoms with van der Waals surface area (Å²) in [6.07, 6.45) is 0. The van der Waals surface area contributed by atoms with Gasteiger partial charge in [-0.1, -0.05) is 0 Å². The summed E-state index contributed by atoms with van der Waals surface area (Å²) in [5, 5.41) is 7.06. The van der Waals surface area contributed by atoms with Crippen LogP contribution in [0.4, 0.5) is 0 Å². The van der Waals surface area contributed by atoms with Gasteiger partial charge in [0.2, 0.25) is 0 Å². The van der Waals surface area contributed by atoms with E-state index in [1.54, 1.807) is 0 Å². The van der Waals surface area contributed by atoms with E-state index in [4.69, 9.17) is 0 Å². The van der Waals surface area contributed by atoms with Crippen LogP contribution in [0.2, 0.25) is 2.92 Å². The molecule has 11 heavy (non-hydrogen) atoms. The Kier molecular flexibility index (Phi) is 3.79. The molecule has 0 radical (unpaired) electrons. The molecule has 0 saturated carbocycles. The maximum atomic E-state index is 3.61. The molecule has 62 valence electrons. The number of rotatable bonds is 1. The van der Waals surface area contributed by atoms with Crippen molar-refractivity contribution in [2.45, 2.75) is 27.2 Å². The van der Waals surface area contributed by atoms with Gasteiger partial charge in [-0.05, 0) is 0 Å². The number of nitrogens with one attached hydrogen (secondary N) is 2. The van der Waals surface area contributed by atoms with Gasteiger partial charge in [0.25, 0.3) is 0 Å². The standard InChI is InChI=1S/C4H9N2.C4H9.Hg/c1-2-6-4-3-5-1;1-4(2)3;/h1,5-6H,2-4H2;1-3H3;. The Labute approximate surface area is 81.9 Å². The molecule has 2 nitrogen and oxygen atoms in total. The van der Waals surface area contributed by atoms with Gasteiger partial charge < -0.3 is 0 Å². The van der Waals surface area contributed by atoms with Crippen molar-refractivity contribution in [2.24, 2.45) is 0 Å². The van der Waals surface area contributed by atoms with Crippen LogP contribution in [-0.2, 0) is 24.6 Å². The Morgan fingerprint density at radius 1 is 1.27 bits per heavy atom. The quantitative estimate of drug-likeness (QED) is 0.689. The van der Waals surface area contributed by atoms with E-state index in [9.17, 15) is 0 Å².